The predicted molar refractivity (Wildman–Crippen MR) is 104 cm³/mol. The van der Waals surface area contributed by atoms with Crippen LogP contribution < -0.4 is 10.3 Å². The average Bonchev–Trinajstić information content (AvgIpc) is 3.47. The summed E-state index contributed by atoms with van der Waals surface area (Å²) in [6.07, 6.45) is 6.04. The van der Waals surface area contributed by atoms with Crippen LogP contribution in [0.3, 0.4) is 0 Å². The number of sulfonamides is 1. The monoisotopic (exact) mass is 387 g/mol. The Morgan fingerprint density at radius 3 is 2.56 bits per heavy atom. The van der Waals surface area contributed by atoms with Gasteiger partial charge >= 0.3 is 0 Å². The molecule has 1 saturated carbocycles. The molecular formula is C20H25N3O3S. The number of nitrogens with zero attached hydrogens (tertiary/aromatic N) is 2. The molecule has 7 heteroatoms. The SMILES string of the molecule is CCc1ccc(-c2nn(C)c(=O)c3c2CCCC3)cc1S(=O)(=O)NC1CC1. The topological polar surface area (TPSA) is 81.1 Å². The van der Waals surface area contributed by atoms with Gasteiger partial charge in [0.1, 0.15) is 0 Å². The van der Waals surface area contributed by atoms with E-state index >= 15 is 0 Å². The first-order valence-corrected chi connectivity index (χ1v) is 11.1. The average molecular weight is 388 g/mol. The van der Waals surface area contributed by atoms with Gasteiger partial charge in [-0.25, -0.2) is 17.8 Å². The fraction of sp³-hybridized carbons (Fsp3) is 0.500. The summed E-state index contributed by atoms with van der Waals surface area (Å²) in [5.41, 5.74) is 4.06. The molecule has 1 N–H and O–H groups in total. The zero-order valence-corrected chi connectivity index (χ0v) is 16.6. The van der Waals surface area contributed by atoms with Crippen molar-refractivity contribution in [3.8, 4) is 11.3 Å². The quantitative estimate of drug-likeness (QED) is 0.854. The van der Waals surface area contributed by atoms with Crippen molar-refractivity contribution in [2.24, 2.45) is 7.05 Å². The molecule has 0 atom stereocenters. The fourth-order valence-corrected chi connectivity index (χ4v) is 5.46. The number of aromatic nitrogens is 2. The summed E-state index contributed by atoms with van der Waals surface area (Å²) in [5, 5.41) is 4.50. The van der Waals surface area contributed by atoms with Gasteiger partial charge in [-0.3, -0.25) is 4.79 Å². The number of hydrogen-bond donors (Lipinski definition) is 1. The van der Waals surface area contributed by atoms with Crippen molar-refractivity contribution in [2.75, 3.05) is 0 Å². The third kappa shape index (κ3) is 3.46. The van der Waals surface area contributed by atoms with Crippen LogP contribution in [0.4, 0.5) is 0 Å². The summed E-state index contributed by atoms with van der Waals surface area (Å²) in [4.78, 5) is 12.8. The molecule has 0 radical (unpaired) electrons. The third-order valence-electron chi connectivity index (χ3n) is 5.47. The summed E-state index contributed by atoms with van der Waals surface area (Å²) >= 11 is 0. The van der Waals surface area contributed by atoms with E-state index in [1.54, 1.807) is 13.1 Å². The Bertz CT molecular complexity index is 1050. The second-order valence-corrected chi connectivity index (χ2v) is 9.20. The van der Waals surface area contributed by atoms with E-state index in [0.717, 1.165) is 66.5 Å². The number of fused-ring (bicyclic) bond motifs is 1. The Morgan fingerprint density at radius 2 is 1.89 bits per heavy atom. The van der Waals surface area contributed by atoms with E-state index in [0.29, 0.717) is 11.3 Å². The summed E-state index contributed by atoms with van der Waals surface area (Å²) in [6.45, 7) is 1.96. The fourth-order valence-electron chi connectivity index (χ4n) is 3.81. The summed E-state index contributed by atoms with van der Waals surface area (Å²) in [5.74, 6) is 0. The van der Waals surface area contributed by atoms with Crippen molar-refractivity contribution < 1.29 is 8.42 Å². The van der Waals surface area contributed by atoms with E-state index in [1.807, 2.05) is 19.1 Å². The van der Waals surface area contributed by atoms with Gasteiger partial charge < -0.3 is 0 Å². The molecule has 2 aliphatic carbocycles. The largest absolute Gasteiger partial charge is 0.269 e. The molecule has 1 fully saturated rings. The van der Waals surface area contributed by atoms with Crippen molar-refractivity contribution in [1.29, 1.82) is 0 Å². The van der Waals surface area contributed by atoms with Crippen LogP contribution in [0, 0.1) is 0 Å². The van der Waals surface area contributed by atoms with Gasteiger partial charge in [-0.15, -0.1) is 0 Å². The van der Waals surface area contributed by atoms with Crippen LogP contribution in [-0.4, -0.2) is 24.2 Å². The van der Waals surface area contributed by atoms with E-state index in [9.17, 15) is 13.2 Å². The van der Waals surface area contributed by atoms with Crippen LogP contribution >= 0.6 is 0 Å². The first-order chi connectivity index (χ1) is 12.9. The molecular weight excluding hydrogens is 362 g/mol. The second kappa shape index (κ2) is 6.87. The Kier molecular flexibility index (Phi) is 4.68. The van der Waals surface area contributed by atoms with E-state index in [2.05, 4.69) is 9.82 Å². The Labute approximate surface area is 159 Å². The van der Waals surface area contributed by atoms with Crippen molar-refractivity contribution in [3.63, 3.8) is 0 Å². The van der Waals surface area contributed by atoms with Gasteiger partial charge in [-0.2, -0.15) is 5.10 Å². The Balaban J connectivity index is 1.87. The maximum Gasteiger partial charge on any atom is 0.269 e. The van der Waals surface area contributed by atoms with Crippen molar-refractivity contribution in [3.05, 3.63) is 45.2 Å². The van der Waals surface area contributed by atoms with Crippen LogP contribution in [0.1, 0.15) is 49.3 Å². The Morgan fingerprint density at radius 1 is 1.19 bits per heavy atom. The van der Waals surface area contributed by atoms with Crippen LogP contribution in [0.2, 0.25) is 0 Å². The highest BCUT2D eigenvalue weighted by Gasteiger charge is 2.30. The molecule has 0 aliphatic heterocycles. The third-order valence-corrected chi connectivity index (χ3v) is 7.07. The van der Waals surface area contributed by atoms with Gasteiger partial charge in [0.25, 0.3) is 5.56 Å². The highest BCUT2D eigenvalue weighted by atomic mass is 32.2. The lowest BCUT2D eigenvalue weighted by Gasteiger charge is -2.20. The molecule has 0 bridgehead atoms. The maximum atomic E-state index is 12.9. The van der Waals surface area contributed by atoms with Crippen molar-refractivity contribution in [1.82, 2.24) is 14.5 Å². The molecule has 1 heterocycles. The van der Waals surface area contributed by atoms with E-state index in [4.69, 9.17) is 0 Å². The zero-order chi connectivity index (χ0) is 19.2. The first kappa shape index (κ1) is 18.4. The minimum absolute atomic E-state index is 0.0399. The molecule has 1 aromatic heterocycles. The first-order valence-electron chi connectivity index (χ1n) is 9.65. The highest BCUT2D eigenvalue weighted by molar-refractivity contribution is 7.89. The minimum atomic E-state index is -3.56. The van der Waals surface area contributed by atoms with E-state index < -0.39 is 10.0 Å². The molecule has 0 unspecified atom stereocenters. The number of rotatable bonds is 5. The smallest absolute Gasteiger partial charge is 0.268 e. The van der Waals surface area contributed by atoms with Crippen LogP contribution in [0.25, 0.3) is 11.3 Å². The number of hydrogen-bond acceptors (Lipinski definition) is 4. The lowest BCUT2D eigenvalue weighted by atomic mass is 9.89. The van der Waals surface area contributed by atoms with Crippen molar-refractivity contribution >= 4 is 10.0 Å². The summed E-state index contributed by atoms with van der Waals surface area (Å²) in [7, 11) is -1.90. The minimum Gasteiger partial charge on any atom is -0.268 e. The van der Waals surface area contributed by atoms with Crippen LogP contribution in [0.15, 0.2) is 27.9 Å². The van der Waals surface area contributed by atoms with Crippen LogP contribution in [-0.2, 0) is 36.3 Å². The molecule has 4 rings (SSSR count). The maximum absolute atomic E-state index is 12.9. The summed E-state index contributed by atoms with van der Waals surface area (Å²) in [6, 6.07) is 5.59. The molecule has 0 spiro atoms. The second-order valence-electron chi connectivity index (χ2n) is 7.51. The van der Waals surface area contributed by atoms with Gasteiger partial charge in [0.2, 0.25) is 10.0 Å². The van der Waals surface area contributed by atoms with Crippen molar-refractivity contribution in [2.45, 2.75) is 62.8 Å². The summed E-state index contributed by atoms with van der Waals surface area (Å²) < 4.78 is 29.9. The van der Waals surface area contributed by atoms with Crippen LogP contribution in [0.5, 0.6) is 0 Å². The Hall–Kier alpha value is -1.99. The molecule has 27 heavy (non-hydrogen) atoms. The standard InChI is InChI=1S/C20H25N3O3S/c1-3-13-8-9-14(12-18(13)27(25,26)22-15-10-11-15)19-16-6-4-5-7-17(16)20(24)23(2)21-19/h8-9,12,15,22H,3-7,10-11H2,1-2H3. The zero-order valence-electron chi connectivity index (χ0n) is 15.8. The lowest BCUT2D eigenvalue weighted by Crippen LogP contribution is -2.28. The van der Waals surface area contributed by atoms with Gasteiger partial charge in [0, 0.05) is 24.2 Å². The number of nitrogens with one attached hydrogen (secondary N) is 1. The molecule has 0 saturated heterocycles. The molecule has 2 aliphatic rings. The highest BCUT2D eigenvalue weighted by Crippen LogP contribution is 2.31. The van der Waals surface area contributed by atoms with Gasteiger partial charge in [-0.1, -0.05) is 19.1 Å². The van der Waals surface area contributed by atoms with Gasteiger partial charge in [0.05, 0.1) is 10.6 Å². The van der Waals surface area contributed by atoms with Gasteiger partial charge in [0.15, 0.2) is 0 Å². The normalized spacial score (nSPS) is 17.0. The molecule has 1 aromatic carbocycles. The number of benzene rings is 1. The van der Waals surface area contributed by atoms with E-state index in [-0.39, 0.29) is 11.6 Å². The number of aryl methyl sites for hydroxylation is 2. The lowest BCUT2D eigenvalue weighted by molar-refractivity contribution is 0.580. The molecule has 6 nitrogen and oxygen atoms in total. The predicted octanol–water partition coefficient (Wildman–Crippen LogP) is 2.33. The molecule has 144 valence electrons. The van der Waals surface area contributed by atoms with Gasteiger partial charge in [-0.05, 0) is 62.1 Å². The molecule has 0 amide bonds. The molecule has 2 aromatic rings. The van der Waals surface area contributed by atoms with E-state index in [1.165, 1.54) is 4.68 Å².